The molecule has 0 saturated carbocycles. The monoisotopic (exact) mass is 214 g/mol. The Morgan fingerprint density at radius 1 is 1.23 bits per heavy atom. The Hall–Kier alpha value is -0.283. The van der Waals surface area contributed by atoms with Gasteiger partial charge in [0, 0.05) is 4.90 Å². The van der Waals surface area contributed by atoms with Gasteiger partial charge >= 0.3 is 0 Å². The van der Waals surface area contributed by atoms with Crippen molar-refractivity contribution in [2.75, 3.05) is 6.26 Å². The van der Waals surface area contributed by atoms with E-state index in [2.05, 4.69) is 19.6 Å². The summed E-state index contributed by atoms with van der Waals surface area (Å²) in [7, 11) is -1.51. The minimum atomic E-state index is -1.51. The van der Waals surface area contributed by atoms with E-state index in [4.69, 9.17) is 0 Å². The number of hydrogen-bond acceptors (Lipinski definition) is 1. The fourth-order valence-corrected chi connectivity index (χ4v) is 3.23. The number of benzene rings is 1. The highest BCUT2D eigenvalue weighted by Crippen LogP contribution is 2.19. The number of hydrogen-bond donors (Lipinski definition) is 0. The molecule has 0 aliphatic carbocycles. The van der Waals surface area contributed by atoms with Crippen LogP contribution in [0.1, 0.15) is 0 Å². The quantitative estimate of drug-likeness (QED) is 0.538. The van der Waals surface area contributed by atoms with Gasteiger partial charge in [0.2, 0.25) is 0 Å². The Morgan fingerprint density at radius 2 is 1.85 bits per heavy atom. The summed E-state index contributed by atoms with van der Waals surface area (Å²) in [6, 6.07) is 5.70. The van der Waals surface area contributed by atoms with E-state index in [1.54, 1.807) is 0 Å². The normalized spacial score (nSPS) is 11.8. The van der Waals surface area contributed by atoms with E-state index < -0.39 is 8.07 Å². The van der Waals surface area contributed by atoms with Gasteiger partial charge in [0.1, 0.15) is 5.82 Å². The van der Waals surface area contributed by atoms with Gasteiger partial charge in [-0.1, -0.05) is 31.8 Å². The van der Waals surface area contributed by atoms with E-state index in [0.717, 1.165) is 10.1 Å². The summed E-state index contributed by atoms with van der Waals surface area (Å²) in [5.74, 6) is -0.00540. The van der Waals surface area contributed by atoms with Crippen molar-refractivity contribution in [3.63, 3.8) is 0 Å². The average Bonchev–Trinajstić information content (AvgIpc) is 2.02. The van der Waals surface area contributed by atoms with Gasteiger partial charge in [-0.05, 0) is 17.5 Å². The van der Waals surface area contributed by atoms with Crippen molar-refractivity contribution in [1.82, 2.24) is 0 Å². The summed E-state index contributed by atoms with van der Waals surface area (Å²) in [6.07, 6.45) is 1.91. The molecular weight excluding hydrogens is 199 g/mol. The fourth-order valence-electron chi connectivity index (χ4n) is 1.25. The van der Waals surface area contributed by atoms with Crippen molar-refractivity contribution in [1.29, 1.82) is 0 Å². The van der Waals surface area contributed by atoms with Crippen LogP contribution in [0.25, 0.3) is 0 Å². The predicted octanol–water partition coefficient (Wildman–Crippen LogP) is 3.09. The molecule has 0 amide bonds. The molecule has 0 fully saturated rings. The third kappa shape index (κ3) is 2.35. The summed E-state index contributed by atoms with van der Waals surface area (Å²) in [6.45, 7) is 6.49. The summed E-state index contributed by atoms with van der Waals surface area (Å²) < 4.78 is 13.8. The molecule has 0 aliphatic rings. The lowest BCUT2D eigenvalue weighted by atomic mass is 10.3. The standard InChI is InChI=1S/C10H15FSSi/c1-12-8-6-5-7-9(10(8)11)13(2,3)4/h5-7H,1-4H3. The van der Waals surface area contributed by atoms with E-state index in [9.17, 15) is 4.39 Å². The van der Waals surface area contributed by atoms with Crippen LogP contribution >= 0.6 is 11.8 Å². The summed E-state index contributed by atoms with van der Waals surface area (Å²) >= 11 is 1.47. The van der Waals surface area contributed by atoms with Gasteiger partial charge in [0.25, 0.3) is 0 Å². The van der Waals surface area contributed by atoms with Crippen molar-refractivity contribution in [3.8, 4) is 0 Å². The average molecular weight is 214 g/mol. The topological polar surface area (TPSA) is 0 Å². The Bertz CT molecular complexity index is 304. The lowest BCUT2D eigenvalue weighted by Gasteiger charge is -2.18. The van der Waals surface area contributed by atoms with Crippen LogP contribution in [-0.4, -0.2) is 14.3 Å². The molecule has 0 aliphatic heterocycles. The Kier molecular flexibility index (Phi) is 3.19. The Morgan fingerprint density at radius 3 is 2.31 bits per heavy atom. The third-order valence-electron chi connectivity index (χ3n) is 1.99. The highest BCUT2D eigenvalue weighted by Gasteiger charge is 2.21. The largest absolute Gasteiger partial charge is 0.206 e. The maximum absolute atomic E-state index is 13.8. The van der Waals surface area contributed by atoms with Crippen molar-refractivity contribution >= 4 is 25.0 Å². The van der Waals surface area contributed by atoms with Gasteiger partial charge in [-0.15, -0.1) is 11.8 Å². The molecule has 0 nitrogen and oxygen atoms in total. The first-order chi connectivity index (χ1) is 5.96. The zero-order valence-electron chi connectivity index (χ0n) is 8.52. The van der Waals surface area contributed by atoms with Crippen LogP contribution in [0, 0.1) is 5.82 Å². The zero-order chi connectivity index (χ0) is 10.1. The van der Waals surface area contributed by atoms with E-state index in [1.165, 1.54) is 11.8 Å². The highest BCUT2D eigenvalue weighted by atomic mass is 32.2. The molecule has 1 aromatic rings. The van der Waals surface area contributed by atoms with Gasteiger partial charge < -0.3 is 0 Å². The minimum Gasteiger partial charge on any atom is -0.206 e. The second kappa shape index (κ2) is 3.84. The second-order valence-corrected chi connectivity index (χ2v) is 9.96. The molecule has 0 saturated heterocycles. The van der Waals surface area contributed by atoms with Crippen LogP contribution < -0.4 is 5.19 Å². The second-order valence-electron chi connectivity index (χ2n) is 4.07. The van der Waals surface area contributed by atoms with Crippen molar-refractivity contribution < 1.29 is 4.39 Å². The van der Waals surface area contributed by atoms with Crippen LogP contribution in [0.4, 0.5) is 4.39 Å². The van der Waals surface area contributed by atoms with Crippen LogP contribution in [0.2, 0.25) is 19.6 Å². The van der Waals surface area contributed by atoms with Crippen LogP contribution in [-0.2, 0) is 0 Å². The fraction of sp³-hybridized carbons (Fsp3) is 0.400. The first kappa shape index (κ1) is 10.8. The maximum Gasteiger partial charge on any atom is 0.135 e. The molecule has 72 valence electrons. The van der Waals surface area contributed by atoms with E-state index in [-0.39, 0.29) is 5.82 Å². The summed E-state index contributed by atoms with van der Waals surface area (Å²) in [5, 5.41) is 0.930. The molecule has 0 N–H and O–H groups in total. The molecule has 0 spiro atoms. The summed E-state index contributed by atoms with van der Waals surface area (Å²) in [5.41, 5.74) is 0. The molecule has 0 bridgehead atoms. The van der Waals surface area contributed by atoms with Crippen LogP contribution in [0.15, 0.2) is 23.1 Å². The number of rotatable bonds is 2. The van der Waals surface area contributed by atoms with Gasteiger partial charge in [-0.25, -0.2) is 4.39 Å². The molecule has 0 heterocycles. The third-order valence-corrected chi connectivity index (χ3v) is 4.75. The lowest BCUT2D eigenvalue weighted by molar-refractivity contribution is 0.610. The number of halogens is 1. The van der Waals surface area contributed by atoms with Crippen molar-refractivity contribution in [2.24, 2.45) is 0 Å². The van der Waals surface area contributed by atoms with Gasteiger partial charge in [0.05, 0.1) is 8.07 Å². The highest BCUT2D eigenvalue weighted by molar-refractivity contribution is 7.98. The predicted molar refractivity (Wildman–Crippen MR) is 61.2 cm³/mol. The number of thioether (sulfide) groups is 1. The SMILES string of the molecule is CSc1cccc([Si](C)(C)C)c1F. The van der Waals surface area contributed by atoms with Gasteiger partial charge in [-0.3, -0.25) is 0 Å². The molecule has 13 heavy (non-hydrogen) atoms. The smallest absolute Gasteiger partial charge is 0.135 e. The van der Waals surface area contributed by atoms with Crippen LogP contribution in [0.3, 0.4) is 0 Å². The maximum atomic E-state index is 13.8. The van der Waals surface area contributed by atoms with E-state index in [0.29, 0.717) is 0 Å². The lowest BCUT2D eigenvalue weighted by Crippen LogP contribution is -2.40. The van der Waals surface area contributed by atoms with Crippen molar-refractivity contribution in [3.05, 3.63) is 24.0 Å². The van der Waals surface area contributed by atoms with Gasteiger partial charge in [-0.2, -0.15) is 0 Å². The molecule has 3 heteroatoms. The van der Waals surface area contributed by atoms with E-state index >= 15 is 0 Å². The minimum absolute atomic E-state index is 0.00540. The molecule has 0 radical (unpaired) electrons. The molecular formula is C10H15FSSi. The van der Waals surface area contributed by atoms with Gasteiger partial charge in [0.15, 0.2) is 0 Å². The molecule has 0 unspecified atom stereocenters. The van der Waals surface area contributed by atoms with Crippen LogP contribution in [0.5, 0.6) is 0 Å². The first-order valence-electron chi connectivity index (χ1n) is 4.30. The Balaban J connectivity index is 3.24. The summed E-state index contributed by atoms with van der Waals surface area (Å²) in [4.78, 5) is 0.764. The van der Waals surface area contributed by atoms with Crippen molar-refractivity contribution in [2.45, 2.75) is 24.5 Å². The first-order valence-corrected chi connectivity index (χ1v) is 9.02. The molecule has 1 rings (SSSR count). The Labute approximate surface area is 84.6 Å². The van der Waals surface area contributed by atoms with E-state index in [1.807, 2.05) is 24.5 Å². The molecule has 1 aromatic carbocycles. The zero-order valence-corrected chi connectivity index (χ0v) is 10.3. The molecule has 0 atom stereocenters. The molecule has 0 aromatic heterocycles.